The predicted octanol–water partition coefficient (Wildman–Crippen LogP) is 0.295. The van der Waals surface area contributed by atoms with Gasteiger partial charge in [-0.3, -0.25) is 29.2 Å². The van der Waals surface area contributed by atoms with Crippen LogP contribution in [-0.4, -0.2) is 128 Å². The smallest absolute Gasteiger partial charge is 0.343 e. The molecule has 0 aliphatic rings. The van der Waals surface area contributed by atoms with E-state index in [0.29, 0.717) is 89.7 Å². The number of fused-ring (bicyclic) bond motifs is 1. The molecule has 53 heavy (non-hydrogen) atoms. The van der Waals surface area contributed by atoms with Gasteiger partial charge in [0.1, 0.15) is 6.04 Å². The van der Waals surface area contributed by atoms with Gasteiger partial charge in [0.25, 0.3) is 0 Å². The van der Waals surface area contributed by atoms with Gasteiger partial charge in [0.15, 0.2) is 0 Å². The summed E-state index contributed by atoms with van der Waals surface area (Å²) in [6, 6.07) is 11.3. The Morgan fingerprint density at radius 3 is 2.02 bits per heavy atom. The van der Waals surface area contributed by atoms with Crippen LogP contribution in [0, 0.1) is 0 Å². The molecule has 17 heteroatoms. The highest BCUT2D eigenvalue weighted by Crippen LogP contribution is 2.29. The highest BCUT2D eigenvalue weighted by atomic mass is 19.4. The normalized spacial score (nSPS) is 12.9. The summed E-state index contributed by atoms with van der Waals surface area (Å²) in [5.74, 6) is -1.32. The lowest BCUT2D eigenvalue weighted by Gasteiger charge is -2.29. The Morgan fingerprint density at radius 1 is 0.774 bits per heavy atom. The topological polar surface area (TPSA) is 228 Å². The summed E-state index contributed by atoms with van der Waals surface area (Å²) < 4.78 is 39.6. The Bertz CT molecular complexity index is 1570. The van der Waals surface area contributed by atoms with Crippen molar-refractivity contribution in [3.8, 4) is 0 Å². The van der Waals surface area contributed by atoms with Crippen LogP contribution in [-0.2, 0) is 27.0 Å². The number of nitrogens with zero attached hydrogens (tertiary/aromatic N) is 4. The molecule has 0 saturated heterocycles. The molecular weight excluding hydrogens is 691 g/mol. The Kier molecular flexibility index (Phi) is 18.0. The van der Waals surface area contributed by atoms with Crippen LogP contribution in [0.4, 0.5) is 18.9 Å². The number of carbonyl (C=O) groups is 3. The second-order valence-corrected chi connectivity index (χ2v) is 12.8. The van der Waals surface area contributed by atoms with E-state index in [-0.39, 0.29) is 25.3 Å². The van der Waals surface area contributed by atoms with Gasteiger partial charge in [-0.2, -0.15) is 13.2 Å². The number of nitrogens with two attached hydrogens (primary N) is 5. The van der Waals surface area contributed by atoms with Crippen LogP contribution in [0.25, 0.3) is 10.9 Å². The molecular formula is C36H54F3N11O3. The van der Waals surface area contributed by atoms with Crippen LogP contribution in [0.1, 0.15) is 24.0 Å². The van der Waals surface area contributed by atoms with E-state index in [1.165, 1.54) is 18.3 Å². The van der Waals surface area contributed by atoms with Gasteiger partial charge in [0.05, 0.1) is 35.6 Å². The highest BCUT2D eigenvalue weighted by Gasteiger charge is 2.31. The van der Waals surface area contributed by atoms with Gasteiger partial charge in [-0.05, 0) is 49.2 Å². The first-order valence-electron chi connectivity index (χ1n) is 17.8. The molecule has 0 radical (unpaired) electrons. The number of para-hydroxylation sites is 1. The quantitative estimate of drug-likeness (QED) is 0.0698. The molecule has 2 atom stereocenters. The summed E-state index contributed by atoms with van der Waals surface area (Å²) in [6.07, 6.45) is -2.46. The molecule has 0 bridgehead atoms. The van der Waals surface area contributed by atoms with Crippen molar-refractivity contribution in [1.82, 2.24) is 25.0 Å². The van der Waals surface area contributed by atoms with Crippen LogP contribution in [0.2, 0.25) is 0 Å². The number of carbonyl (C=O) groups excluding carboxylic acids is 3. The van der Waals surface area contributed by atoms with Crippen LogP contribution in [0.15, 0.2) is 60.8 Å². The summed E-state index contributed by atoms with van der Waals surface area (Å²) in [6.45, 7) is 5.27. The molecule has 0 aliphatic heterocycles. The monoisotopic (exact) mass is 745 g/mol. The average Bonchev–Trinajstić information content (AvgIpc) is 3.13. The maximum absolute atomic E-state index is 13.6. The third kappa shape index (κ3) is 14.6. The average molecular weight is 746 g/mol. The van der Waals surface area contributed by atoms with E-state index in [0.717, 1.165) is 23.0 Å². The minimum absolute atomic E-state index is 0.0937. The maximum Gasteiger partial charge on any atom is 0.416 e. The number of amides is 3. The molecule has 12 N–H and O–H groups in total. The standard InChI is InChI=1S/C36H54F3N11O3/c37-36(38,39)28-9-7-26(8-10-28)22-32(35(53)46-29-23-27-4-1-2-6-31(27)45-24-29)47-34(52)30(44)5-3-15-49(21-20-48(16-11-40)17-12-41)25-33(51)50(18-13-42)19-14-43/h1-2,4,6-10,23-24,30,32H,3,5,11-22,25,40-44H2,(H,46,53)(H,47,52). The number of hydrogen-bond donors (Lipinski definition) is 7. The second kappa shape index (κ2) is 22.1. The fraction of sp³-hybridized carbons (Fsp3) is 0.500. The molecule has 3 rings (SSSR count). The number of halogens is 3. The van der Waals surface area contributed by atoms with Crippen molar-refractivity contribution in [3.63, 3.8) is 0 Å². The van der Waals surface area contributed by atoms with Gasteiger partial charge in [-0.25, -0.2) is 0 Å². The lowest BCUT2D eigenvalue weighted by atomic mass is 10.0. The molecule has 3 aromatic rings. The fourth-order valence-corrected chi connectivity index (χ4v) is 5.81. The third-order valence-corrected chi connectivity index (χ3v) is 8.67. The second-order valence-electron chi connectivity index (χ2n) is 12.8. The Balaban J connectivity index is 1.70. The van der Waals surface area contributed by atoms with E-state index >= 15 is 0 Å². The molecule has 0 saturated carbocycles. The maximum atomic E-state index is 13.6. The first-order valence-corrected chi connectivity index (χ1v) is 17.8. The van der Waals surface area contributed by atoms with E-state index < -0.39 is 35.6 Å². The lowest BCUT2D eigenvalue weighted by Crippen LogP contribution is -2.51. The van der Waals surface area contributed by atoms with Gasteiger partial charge in [0.2, 0.25) is 17.7 Å². The zero-order valence-corrected chi connectivity index (χ0v) is 30.1. The Labute approximate surface area is 308 Å². The SMILES string of the molecule is NCCN(CCN)CCN(CCCC(N)C(=O)NC(Cc1ccc(C(F)(F)F)cc1)C(=O)Nc1cnc2ccccc2c1)CC(=O)N(CCN)CCN. The number of anilines is 1. The molecule has 2 unspecified atom stereocenters. The van der Waals surface area contributed by atoms with Crippen molar-refractivity contribution in [3.05, 3.63) is 71.9 Å². The van der Waals surface area contributed by atoms with Gasteiger partial charge in [-0.1, -0.05) is 30.3 Å². The number of rotatable bonds is 23. The number of alkyl halides is 3. The summed E-state index contributed by atoms with van der Waals surface area (Å²) in [5.41, 5.74) is 30.0. The van der Waals surface area contributed by atoms with E-state index in [4.69, 9.17) is 28.7 Å². The number of hydrogen-bond acceptors (Lipinski definition) is 11. The first kappa shape index (κ1) is 43.2. The molecule has 2 aromatic carbocycles. The highest BCUT2D eigenvalue weighted by molar-refractivity contribution is 5.99. The molecule has 0 fully saturated rings. The first-order chi connectivity index (χ1) is 25.4. The molecule has 1 heterocycles. The van der Waals surface area contributed by atoms with E-state index in [2.05, 4.69) is 20.5 Å². The van der Waals surface area contributed by atoms with Crippen LogP contribution >= 0.6 is 0 Å². The van der Waals surface area contributed by atoms with Crippen LogP contribution in [0.3, 0.4) is 0 Å². The van der Waals surface area contributed by atoms with Crippen molar-refractivity contribution in [1.29, 1.82) is 0 Å². The van der Waals surface area contributed by atoms with Gasteiger partial charge in [0, 0.05) is 77.3 Å². The fourth-order valence-electron chi connectivity index (χ4n) is 5.81. The lowest BCUT2D eigenvalue weighted by molar-refractivity contribution is -0.137. The van der Waals surface area contributed by atoms with E-state index in [1.807, 2.05) is 29.2 Å². The minimum Gasteiger partial charge on any atom is -0.343 e. The van der Waals surface area contributed by atoms with Crippen molar-refractivity contribution in [2.24, 2.45) is 28.7 Å². The number of benzene rings is 2. The number of nitrogens with one attached hydrogen (secondary N) is 2. The largest absolute Gasteiger partial charge is 0.416 e. The number of pyridine rings is 1. The molecule has 14 nitrogen and oxygen atoms in total. The minimum atomic E-state index is -4.52. The van der Waals surface area contributed by atoms with Gasteiger partial charge in [-0.15, -0.1) is 0 Å². The van der Waals surface area contributed by atoms with Crippen LogP contribution < -0.4 is 39.3 Å². The Hall–Kier alpha value is -4.23. The summed E-state index contributed by atoms with van der Waals surface area (Å²) in [4.78, 5) is 50.2. The van der Waals surface area contributed by atoms with Gasteiger partial charge >= 0.3 is 6.18 Å². The third-order valence-electron chi connectivity index (χ3n) is 8.67. The van der Waals surface area contributed by atoms with Crippen molar-refractivity contribution in [2.75, 3.05) is 83.9 Å². The number of aromatic nitrogens is 1. The van der Waals surface area contributed by atoms with E-state index in [9.17, 15) is 27.6 Å². The zero-order chi connectivity index (χ0) is 38.8. The van der Waals surface area contributed by atoms with Gasteiger partial charge < -0.3 is 44.2 Å². The van der Waals surface area contributed by atoms with Crippen molar-refractivity contribution < 1.29 is 27.6 Å². The zero-order valence-electron chi connectivity index (χ0n) is 30.1. The summed E-state index contributed by atoms with van der Waals surface area (Å²) in [7, 11) is 0. The molecule has 0 aliphatic carbocycles. The summed E-state index contributed by atoms with van der Waals surface area (Å²) in [5, 5.41) is 6.25. The van der Waals surface area contributed by atoms with Crippen LogP contribution in [0.5, 0.6) is 0 Å². The molecule has 1 aromatic heterocycles. The predicted molar refractivity (Wildman–Crippen MR) is 200 cm³/mol. The molecule has 292 valence electrons. The Morgan fingerprint density at radius 2 is 1.40 bits per heavy atom. The molecule has 0 spiro atoms. The van der Waals surface area contributed by atoms with Crippen molar-refractivity contribution >= 4 is 34.3 Å². The molecule has 3 amide bonds. The van der Waals surface area contributed by atoms with E-state index in [1.54, 1.807) is 11.0 Å². The summed E-state index contributed by atoms with van der Waals surface area (Å²) >= 11 is 0. The van der Waals surface area contributed by atoms with Crippen molar-refractivity contribution in [2.45, 2.75) is 37.5 Å².